The number of allylic oxidation sites excluding steroid dienone is 1. The number of alkyl halides is 3. The van der Waals surface area contributed by atoms with E-state index in [1.54, 1.807) is 33.3 Å². The van der Waals surface area contributed by atoms with Crippen LogP contribution in [0.3, 0.4) is 0 Å². The first kappa shape index (κ1) is 22.8. The number of pyridine rings is 1. The largest absolute Gasteiger partial charge is 0.435 e. The van der Waals surface area contributed by atoms with Crippen LogP contribution in [0.15, 0.2) is 24.0 Å². The molecular weight excluding hydrogens is 459 g/mol. The van der Waals surface area contributed by atoms with Crippen molar-refractivity contribution in [3.05, 3.63) is 63.7 Å². The molecule has 2 aliphatic rings. The molecule has 3 aromatic rings. The van der Waals surface area contributed by atoms with Crippen LogP contribution in [0.25, 0.3) is 21.5 Å². The number of hydrogen-bond acceptors (Lipinski definition) is 4. The van der Waals surface area contributed by atoms with Crippen LogP contribution in [0, 0.1) is 6.57 Å². The van der Waals surface area contributed by atoms with E-state index in [-0.39, 0.29) is 36.8 Å². The Morgan fingerprint density at radius 3 is 2.63 bits per heavy atom. The van der Waals surface area contributed by atoms with Crippen LogP contribution in [0.5, 0.6) is 0 Å². The summed E-state index contributed by atoms with van der Waals surface area (Å²) in [4.78, 5) is 22.5. The van der Waals surface area contributed by atoms with Gasteiger partial charge in [0.05, 0.1) is 19.3 Å². The highest BCUT2D eigenvalue weighted by molar-refractivity contribution is 5.90. The van der Waals surface area contributed by atoms with E-state index >= 15 is 0 Å². The molecule has 8 nitrogen and oxygen atoms in total. The van der Waals surface area contributed by atoms with Gasteiger partial charge in [-0.3, -0.25) is 14.5 Å². The van der Waals surface area contributed by atoms with Crippen molar-refractivity contribution in [2.24, 2.45) is 7.05 Å². The third-order valence-electron chi connectivity index (χ3n) is 6.47. The third-order valence-corrected chi connectivity index (χ3v) is 6.47. The molecule has 1 amide bonds. The standard InChI is InChI=1S/C24H22F3N7O/c1-13-8-17-15-9-14(10-29-17)21-18(30-33(4)23(21)28-2)12-32(3)19(35)6-5-7-34-11-16(20(13)15)22(31-34)24(25,26)27/h9-11H,5-8,12H2,1,3-4H3. The van der Waals surface area contributed by atoms with Gasteiger partial charge in [0.15, 0.2) is 5.69 Å². The number of nitrogens with zero attached hydrogens (tertiary/aromatic N) is 7. The maximum absolute atomic E-state index is 14.0. The number of fused-ring (bicyclic) bond motifs is 6. The Labute approximate surface area is 199 Å². The predicted octanol–water partition coefficient (Wildman–Crippen LogP) is 4.38. The van der Waals surface area contributed by atoms with Crippen molar-refractivity contribution in [2.45, 2.75) is 45.5 Å². The zero-order valence-electron chi connectivity index (χ0n) is 19.4. The minimum Gasteiger partial charge on any atom is -0.362 e. The molecule has 0 radical (unpaired) electrons. The molecule has 3 aromatic heterocycles. The smallest absolute Gasteiger partial charge is 0.362 e. The van der Waals surface area contributed by atoms with Gasteiger partial charge in [0.2, 0.25) is 5.91 Å². The zero-order chi connectivity index (χ0) is 25.1. The van der Waals surface area contributed by atoms with Gasteiger partial charge in [-0.15, -0.1) is 5.10 Å². The SMILES string of the molecule is [C-]#[N+]c1c2c(nn1C)CN(C)C(=O)CCCn1cc(c(C(F)(F)F)n1)C1=C(C)Cc3ncc-2cc31. The number of halogens is 3. The summed E-state index contributed by atoms with van der Waals surface area (Å²) in [6, 6.07) is 1.78. The van der Waals surface area contributed by atoms with E-state index in [0.717, 1.165) is 5.57 Å². The Kier molecular flexibility index (Phi) is 5.27. The molecule has 0 aromatic carbocycles. The molecule has 0 saturated heterocycles. The molecular formula is C24H22F3N7O. The molecule has 0 fully saturated rings. The predicted molar refractivity (Wildman–Crippen MR) is 121 cm³/mol. The number of rotatable bonds is 0. The second-order valence-corrected chi connectivity index (χ2v) is 8.94. The van der Waals surface area contributed by atoms with Crippen LogP contribution in [0.2, 0.25) is 0 Å². The van der Waals surface area contributed by atoms with E-state index in [0.29, 0.717) is 46.5 Å². The first-order chi connectivity index (χ1) is 16.6. The molecule has 5 rings (SSSR count). The number of amides is 1. The van der Waals surface area contributed by atoms with E-state index < -0.39 is 11.9 Å². The highest BCUT2D eigenvalue weighted by Gasteiger charge is 2.40. The lowest BCUT2D eigenvalue weighted by Crippen LogP contribution is -2.26. The number of carbonyl (C=O) groups is 1. The molecule has 0 unspecified atom stereocenters. The maximum Gasteiger partial charge on any atom is 0.435 e. The quantitative estimate of drug-likeness (QED) is 0.447. The average molecular weight is 481 g/mol. The van der Waals surface area contributed by atoms with Crippen LogP contribution < -0.4 is 0 Å². The minimum atomic E-state index is -4.64. The summed E-state index contributed by atoms with van der Waals surface area (Å²) in [5, 5.41) is 8.34. The van der Waals surface area contributed by atoms with E-state index in [2.05, 4.69) is 20.0 Å². The van der Waals surface area contributed by atoms with E-state index in [4.69, 9.17) is 6.57 Å². The fourth-order valence-corrected chi connectivity index (χ4v) is 4.86. The Bertz CT molecular complexity index is 1440. The van der Waals surface area contributed by atoms with Gasteiger partial charge >= 0.3 is 6.18 Å². The molecule has 1 aliphatic carbocycles. The molecule has 1 aliphatic heterocycles. The third kappa shape index (κ3) is 3.79. The summed E-state index contributed by atoms with van der Waals surface area (Å²) < 4.78 is 44.8. The van der Waals surface area contributed by atoms with Gasteiger partial charge in [-0.1, -0.05) is 12.1 Å². The van der Waals surface area contributed by atoms with Gasteiger partial charge in [0.1, 0.15) is 5.69 Å². The molecule has 4 bridgehead atoms. The molecule has 180 valence electrons. The number of aromatic nitrogens is 5. The minimum absolute atomic E-state index is 0.00262. The van der Waals surface area contributed by atoms with Gasteiger partial charge in [-0.2, -0.15) is 18.3 Å². The van der Waals surface area contributed by atoms with Crippen LogP contribution in [0.1, 0.15) is 48.0 Å². The monoisotopic (exact) mass is 481 g/mol. The van der Waals surface area contributed by atoms with Crippen molar-refractivity contribution in [3.63, 3.8) is 0 Å². The fourth-order valence-electron chi connectivity index (χ4n) is 4.86. The van der Waals surface area contributed by atoms with Crippen LogP contribution in [-0.2, 0) is 37.5 Å². The molecule has 0 spiro atoms. The van der Waals surface area contributed by atoms with Crippen molar-refractivity contribution >= 4 is 17.3 Å². The molecule has 0 atom stereocenters. The second kappa shape index (κ2) is 8.08. The topological polar surface area (TPSA) is 73.2 Å². The Morgan fingerprint density at radius 2 is 1.91 bits per heavy atom. The average Bonchev–Trinajstić information content (AvgIpc) is 3.44. The van der Waals surface area contributed by atoms with E-state index in [1.165, 1.54) is 20.5 Å². The second-order valence-electron chi connectivity index (χ2n) is 8.94. The van der Waals surface area contributed by atoms with Gasteiger partial charge < -0.3 is 9.74 Å². The highest BCUT2D eigenvalue weighted by atomic mass is 19.4. The van der Waals surface area contributed by atoms with Gasteiger partial charge in [0, 0.05) is 55.5 Å². The van der Waals surface area contributed by atoms with E-state index in [9.17, 15) is 18.0 Å². The highest BCUT2D eigenvalue weighted by Crippen LogP contribution is 2.44. The fraction of sp³-hybridized carbons (Fsp3) is 0.375. The van der Waals surface area contributed by atoms with Crippen molar-refractivity contribution in [1.29, 1.82) is 0 Å². The summed E-state index contributed by atoms with van der Waals surface area (Å²) in [7, 11) is 3.30. The lowest BCUT2D eigenvalue weighted by atomic mass is 9.96. The summed E-state index contributed by atoms with van der Waals surface area (Å²) in [6.45, 7) is 9.85. The van der Waals surface area contributed by atoms with Gasteiger partial charge in [-0.25, -0.2) is 4.68 Å². The molecule has 35 heavy (non-hydrogen) atoms. The zero-order valence-corrected chi connectivity index (χ0v) is 19.4. The number of aryl methyl sites for hydroxylation is 2. The number of carbonyl (C=O) groups excluding carboxylic acids is 1. The molecule has 11 heteroatoms. The van der Waals surface area contributed by atoms with Gasteiger partial charge in [0.25, 0.3) is 5.82 Å². The summed E-state index contributed by atoms with van der Waals surface area (Å²) in [5.41, 5.74) is 3.19. The summed E-state index contributed by atoms with van der Waals surface area (Å²) >= 11 is 0. The number of hydrogen-bond donors (Lipinski definition) is 0. The van der Waals surface area contributed by atoms with Crippen molar-refractivity contribution in [3.8, 4) is 11.1 Å². The van der Waals surface area contributed by atoms with Crippen LogP contribution in [-0.4, -0.2) is 42.4 Å². The lowest BCUT2D eigenvalue weighted by Gasteiger charge is -2.17. The van der Waals surface area contributed by atoms with Crippen LogP contribution >= 0.6 is 0 Å². The molecule has 4 heterocycles. The summed E-state index contributed by atoms with van der Waals surface area (Å²) in [6.07, 6.45) is -0.693. The summed E-state index contributed by atoms with van der Waals surface area (Å²) in [5.74, 6) is 0.104. The van der Waals surface area contributed by atoms with Crippen molar-refractivity contribution < 1.29 is 18.0 Å². The van der Waals surface area contributed by atoms with Crippen molar-refractivity contribution in [1.82, 2.24) is 29.4 Å². The first-order valence-corrected chi connectivity index (χ1v) is 11.1. The molecule has 0 N–H and O–H groups in total. The molecule has 0 saturated carbocycles. The Hall–Kier alpha value is -3.94. The van der Waals surface area contributed by atoms with E-state index in [1.807, 2.05) is 0 Å². The van der Waals surface area contributed by atoms with Crippen LogP contribution in [0.4, 0.5) is 19.0 Å². The maximum atomic E-state index is 14.0. The lowest BCUT2D eigenvalue weighted by molar-refractivity contribution is -0.141. The first-order valence-electron chi connectivity index (χ1n) is 11.1. The van der Waals surface area contributed by atoms with Gasteiger partial charge in [-0.05, 0) is 30.5 Å². The normalized spacial score (nSPS) is 16.1. The Balaban J connectivity index is 1.77. The van der Waals surface area contributed by atoms with Crippen molar-refractivity contribution in [2.75, 3.05) is 7.05 Å². The Morgan fingerprint density at radius 1 is 1.14 bits per heavy atom.